The van der Waals surface area contributed by atoms with Gasteiger partial charge in [-0.15, -0.1) is 0 Å². The quantitative estimate of drug-likeness (QED) is 0.368. The van der Waals surface area contributed by atoms with Crippen LogP contribution in [0.25, 0.3) is 0 Å². The van der Waals surface area contributed by atoms with Gasteiger partial charge in [-0.3, -0.25) is 4.90 Å². The first-order valence-electron chi connectivity index (χ1n) is 16.0. The summed E-state index contributed by atoms with van der Waals surface area (Å²) in [6.07, 6.45) is 8.11. The van der Waals surface area contributed by atoms with Crippen molar-refractivity contribution in [2.24, 2.45) is 17.8 Å². The van der Waals surface area contributed by atoms with E-state index in [4.69, 9.17) is 9.47 Å². The first-order chi connectivity index (χ1) is 20.4. The van der Waals surface area contributed by atoms with E-state index >= 15 is 0 Å². The molecule has 226 valence electrons. The molecule has 6 aliphatic rings. The molecular weight excluding hydrogens is 530 g/mol. The lowest BCUT2D eigenvalue weighted by Gasteiger charge is -2.56. The highest BCUT2D eigenvalue weighted by atomic mass is 16.7. The normalized spacial score (nSPS) is 35.8. The number of rotatable bonds is 8. The topological polar surface area (TPSA) is 103 Å². The third kappa shape index (κ3) is 6.24. The molecule has 8 rings (SSSR count). The standard InChI is InChI=1S/C34H45N3O5/c38-21-23-3-5-27(6-4-23)31-14-30(20-37-10-9-29(39)19-37)41-32(42-31)28-7-1-22(2-8-28)18-35-33(40)36-34-15-24-11-25(16-34)13-26(12-24)17-34/h1-8,24-26,29-32,38-39H,9-21H2,(H2,35,36,40)/t24?,25?,26?,29-,30-,31+,32+,34?/m0/s1. The van der Waals surface area contributed by atoms with Crippen molar-refractivity contribution >= 4 is 6.03 Å². The van der Waals surface area contributed by atoms with E-state index in [2.05, 4.69) is 15.5 Å². The number of benzene rings is 2. The van der Waals surface area contributed by atoms with E-state index in [9.17, 15) is 15.0 Å². The Morgan fingerprint density at radius 3 is 2.14 bits per heavy atom. The third-order valence-electron chi connectivity index (χ3n) is 10.4. The molecule has 4 N–H and O–H groups in total. The fourth-order valence-corrected chi connectivity index (χ4v) is 8.82. The summed E-state index contributed by atoms with van der Waals surface area (Å²) in [6.45, 7) is 2.80. The molecule has 8 heteroatoms. The van der Waals surface area contributed by atoms with E-state index in [0.29, 0.717) is 13.1 Å². The largest absolute Gasteiger partial charge is 0.392 e. The van der Waals surface area contributed by atoms with Crippen LogP contribution in [0.1, 0.15) is 86.0 Å². The number of aliphatic hydroxyl groups is 2. The molecule has 2 aromatic rings. The summed E-state index contributed by atoms with van der Waals surface area (Å²) in [5, 5.41) is 26.0. The number of carbonyl (C=O) groups is 1. The van der Waals surface area contributed by atoms with Gasteiger partial charge in [0.25, 0.3) is 0 Å². The van der Waals surface area contributed by atoms with Crippen LogP contribution in [-0.4, -0.2) is 58.5 Å². The SMILES string of the molecule is O=C(NCc1ccc([C@@H]2O[C@H](CN3CC[C@H](O)C3)C[C@H](c3ccc(CO)cc3)O2)cc1)NC12CC3CC(CC(C3)C1)C2. The molecule has 4 saturated carbocycles. The molecule has 4 bridgehead atoms. The molecule has 2 amide bonds. The molecule has 4 aliphatic carbocycles. The van der Waals surface area contributed by atoms with Crippen molar-refractivity contribution in [3.63, 3.8) is 0 Å². The molecule has 42 heavy (non-hydrogen) atoms. The molecule has 4 atom stereocenters. The third-order valence-corrected chi connectivity index (χ3v) is 10.4. The molecule has 2 aromatic carbocycles. The highest BCUT2D eigenvalue weighted by Gasteiger charge is 2.51. The van der Waals surface area contributed by atoms with Crippen molar-refractivity contribution in [3.8, 4) is 0 Å². The molecule has 6 fully saturated rings. The number of aliphatic hydroxyl groups excluding tert-OH is 2. The van der Waals surface area contributed by atoms with E-state index in [1.807, 2.05) is 48.5 Å². The van der Waals surface area contributed by atoms with Crippen molar-refractivity contribution in [1.82, 2.24) is 15.5 Å². The summed E-state index contributed by atoms with van der Waals surface area (Å²) in [7, 11) is 0. The zero-order chi connectivity index (χ0) is 28.7. The zero-order valence-electron chi connectivity index (χ0n) is 24.4. The second-order valence-electron chi connectivity index (χ2n) is 13.8. The fraction of sp³-hybridized carbons (Fsp3) is 0.618. The van der Waals surface area contributed by atoms with Crippen LogP contribution in [0.4, 0.5) is 4.79 Å². The maximum Gasteiger partial charge on any atom is 0.315 e. The van der Waals surface area contributed by atoms with Crippen LogP contribution < -0.4 is 10.6 Å². The fourth-order valence-electron chi connectivity index (χ4n) is 8.82. The molecule has 0 radical (unpaired) electrons. The lowest BCUT2D eigenvalue weighted by Crippen LogP contribution is -2.61. The van der Waals surface area contributed by atoms with Gasteiger partial charge in [-0.1, -0.05) is 48.5 Å². The Bertz CT molecular complexity index is 1200. The van der Waals surface area contributed by atoms with Gasteiger partial charge in [0.05, 0.1) is 24.9 Å². The Kier molecular flexibility index (Phi) is 8.01. The maximum atomic E-state index is 12.9. The molecule has 0 aromatic heterocycles. The molecule has 0 unspecified atom stereocenters. The van der Waals surface area contributed by atoms with Gasteiger partial charge in [0.15, 0.2) is 6.29 Å². The van der Waals surface area contributed by atoms with Crippen molar-refractivity contribution in [3.05, 3.63) is 70.8 Å². The number of hydrogen-bond acceptors (Lipinski definition) is 6. The van der Waals surface area contributed by atoms with Gasteiger partial charge in [-0.25, -0.2) is 4.79 Å². The van der Waals surface area contributed by atoms with Crippen molar-refractivity contribution in [2.75, 3.05) is 19.6 Å². The van der Waals surface area contributed by atoms with Gasteiger partial charge in [0.1, 0.15) is 0 Å². The minimum absolute atomic E-state index is 0.0109. The predicted molar refractivity (Wildman–Crippen MR) is 158 cm³/mol. The van der Waals surface area contributed by atoms with Gasteiger partial charge in [0.2, 0.25) is 0 Å². The average Bonchev–Trinajstić information content (AvgIpc) is 3.39. The van der Waals surface area contributed by atoms with Gasteiger partial charge in [0, 0.05) is 43.7 Å². The summed E-state index contributed by atoms with van der Waals surface area (Å²) in [4.78, 5) is 15.2. The zero-order valence-corrected chi connectivity index (χ0v) is 24.4. The molecule has 2 aliphatic heterocycles. The summed E-state index contributed by atoms with van der Waals surface area (Å²) in [5.41, 5.74) is 3.93. The number of nitrogens with one attached hydrogen (secondary N) is 2. The minimum Gasteiger partial charge on any atom is -0.392 e. The van der Waals surface area contributed by atoms with Crippen LogP contribution in [0.3, 0.4) is 0 Å². The van der Waals surface area contributed by atoms with E-state index < -0.39 is 6.29 Å². The highest BCUT2D eigenvalue weighted by Crippen LogP contribution is 2.55. The van der Waals surface area contributed by atoms with Crippen LogP contribution >= 0.6 is 0 Å². The summed E-state index contributed by atoms with van der Waals surface area (Å²) in [6, 6.07) is 16.0. The van der Waals surface area contributed by atoms with E-state index in [-0.39, 0.29) is 36.5 Å². The smallest absolute Gasteiger partial charge is 0.315 e. The van der Waals surface area contributed by atoms with Crippen LogP contribution in [0, 0.1) is 17.8 Å². The average molecular weight is 576 g/mol. The second kappa shape index (κ2) is 11.9. The van der Waals surface area contributed by atoms with Gasteiger partial charge in [-0.2, -0.15) is 0 Å². The number of carbonyl (C=O) groups excluding carboxylic acids is 1. The summed E-state index contributed by atoms with van der Waals surface area (Å²) in [5.74, 6) is 2.40. The van der Waals surface area contributed by atoms with Gasteiger partial charge in [-0.05, 0) is 79.4 Å². The maximum absolute atomic E-state index is 12.9. The van der Waals surface area contributed by atoms with Crippen LogP contribution in [0.2, 0.25) is 0 Å². The van der Waals surface area contributed by atoms with Crippen LogP contribution in [0.15, 0.2) is 48.5 Å². The first-order valence-corrected chi connectivity index (χ1v) is 16.0. The van der Waals surface area contributed by atoms with Crippen LogP contribution in [0.5, 0.6) is 0 Å². The Balaban J connectivity index is 0.980. The Hall–Kier alpha value is -2.49. The molecule has 0 spiro atoms. The first kappa shape index (κ1) is 28.3. The number of amides is 2. The number of likely N-dealkylation sites (tertiary alicyclic amines) is 1. The Morgan fingerprint density at radius 2 is 1.52 bits per heavy atom. The number of hydrogen-bond donors (Lipinski definition) is 4. The number of urea groups is 1. The van der Waals surface area contributed by atoms with Crippen molar-refractivity contribution in [1.29, 1.82) is 0 Å². The molecule has 2 saturated heterocycles. The molecule has 2 heterocycles. The predicted octanol–water partition coefficient (Wildman–Crippen LogP) is 4.56. The summed E-state index contributed by atoms with van der Waals surface area (Å²) < 4.78 is 13.0. The van der Waals surface area contributed by atoms with Gasteiger partial charge < -0.3 is 30.3 Å². The Morgan fingerprint density at radius 1 is 0.881 bits per heavy atom. The number of ether oxygens (including phenoxy) is 2. The van der Waals surface area contributed by atoms with E-state index in [1.165, 1.54) is 19.3 Å². The molecule has 8 nitrogen and oxygen atoms in total. The number of nitrogens with zero attached hydrogens (tertiary/aromatic N) is 1. The van der Waals surface area contributed by atoms with Crippen molar-refractivity contribution < 1.29 is 24.5 Å². The lowest BCUT2D eigenvalue weighted by molar-refractivity contribution is -0.252. The lowest BCUT2D eigenvalue weighted by atomic mass is 9.53. The van der Waals surface area contributed by atoms with Crippen molar-refractivity contribution in [2.45, 2.75) is 94.7 Å². The monoisotopic (exact) mass is 575 g/mol. The summed E-state index contributed by atoms with van der Waals surface area (Å²) >= 11 is 0. The molecular formula is C34H45N3O5. The van der Waals surface area contributed by atoms with Gasteiger partial charge >= 0.3 is 6.03 Å². The second-order valence-corrected chi connectivity index (χ2v) is 13.8. The van der Waals surface area contributed by atoms with Crippen LogP contribution in [-0.2, 0) is 22.6 Å². The van der Waals surface area contributed by atoms with E-state index in [1.54, 1.807) is 0 Å². The van der Waals surface area contributed by atoms with E-state index in [0.717, 1.165) is 85.2 Å². The number of β-amino-alcohol motifs (C(OH)–C–C–N with tert-alkyl or cyclic N) is 1. The Labute approximate surface area is 248 Å². The highest BCUT2D eigenvalue weighted by molar-refractivity contribution is 5.75. The minimum atomic E-state index is -0.514.